The van der Waals surface area contributed by atoms with Gasteiger partial charge in [-0.2, -0.15) is 0 Å². The summed E-state index contributed by atoms with van der Waals surface area (Å²) >= 11 is 6.13. The summed E-state index contributed by atoms with van der Waals surface area (Å²) < 4.78 is 0. The highest BCUT2D eigenvalue weighted by Gasteiger charge is 2.19. The van der Waals surface area contributed by atoms with Gasteiger partial charge in [-0.05, 0) is 18.4 Å². The molecular weight excluding hydrogens is 296 g/mol. The minimum absolute atomic E-state index is 0.470. The average molecular weight is 315 g/mol. The molecule has 1 saturated heterocycles. The van der Waals surface area contributed by atoms with Gasteiger partial charge in [0, 0.05) is 20.1 Å². The van der Waals surface area contributed by atoms with Gasteiger partial charge in [-0.15, -0.1) is 0 Å². The first kappa shape index (κ1) is 14.9. The molecule has 0 spiro atoms. The van der Waals surface area contributed by atoms with Gasteiger partial charge >= 0.3 is 0 Å². The smallest absolute Gasteiger partial charge is 0.157 e. The maximum Gasteiger partial charge on any atom is 0.157 e. The van der Waals surface area contributed by atoms with E-state index in [0.29, 0.717) is 5.15 Å². The third kappa shape index (κ3) is 3.22. The molecule has 1 aromatic carbocycles. The van der Waals surface area contributed by atoms with Crippen molar-refractivity contribution >= 4 is 29.2 Å². The molecule has 1 aliphatic heterocycles. The molecule has 0 aliphatic carbocycles. The number of hydrogen-bond donors (Lipinski definition) is 1. The molecule has 2 heterocycles. The second kappa shape index (κ2) is 6.79. The zero-order chi connectivity index (χ0) is 15.4. The number of piperidine rings is 1. The quantitative estimate of drug-likeness (QED) is 0.874. The zero-order valence-corrected chi connectivity index (χ0v) is 13.3. The van der Waals surface area contributed by atoms with Crippen LogP contribution >= 0.6 is 11.6 Å². The van der Waals surface area contributed by atoms with E-state index in [-0.39, 0.29) is 0 Å². The van der Waals surface area contributed by atoms with E-state index >= 15 is 0 Å². The second-order valence-corrected chi connectivity index (χ2v) is 5.67. The van der Waals surface area contributed by atoms with Crippen molar-refractivity contribution in [2.24, 2.45) is 0 Å². The van der Waals surface area contributed by atoms with Crippen molar-refractivity contribution in [3.05, 3.63) is 52.9 Å². The number of nitrogens with zero attached hydrogens (tertiary/aromatic N) is 3. The van der Waals surface area contributed by atoms with Crippen molar-refractivity contribution in [1.29, 1.82) is 0 Å². The van der Waals surface area contributed by atoms with Gasteiger partial charge in [0.15, 0.2) is 11.0 Å². The molecule has 4 nitrogen and oxygen atoms in total. The number of aromatic nitrogens is 2. The van der Waals surface area contributed by atoms with E-state index in [9.17, 15) is 0 Å². The molecule has 3 rings (SSSR count). The molecule has 0 saturated carbocycles. The van der Waals surface area contributed by atoms with Gasteiger partial charge in [-0.25, -0.2) is 9.97 Å². The average Bonchev–Trinajstić information content (AvgIpc) is 2.56. The number of rotatable bonds is 3. The normalized spacial score (nSPS) is 14.8. The lowest BCUT2D eigenvalue weighted by molar-refractivity contribution is 0.680. The lowest BCUT2D eigenvalue weighted by atomic mass is 10.0. The Labute approximate surface area is 135 Å². The van der Waals surface area contributed by atoms with Crippen LogP contribution in [0.5, 0.6) is 0 Å². The van der Waals surface area contributed by atoms with E-state index in [1.165, 1.54) is 17.5 Å². The SMILES string of the molecule is CNc1c(Cl)ncnc1N1CCC(=Cc2ccccc2)CC1. The van der Waals surface area contributed by atoms with Crippen LogP contribution in [0.25, 0.3) is 6.08 Å². The Bertz CT molecular complexity index is 660. The zero-order valence-electron chi connectivity index (χ0n) is 12.6. The second-order valence-electron chi connectivity index (χ2n) is 5.31. The van der Waals surface area contributed by atoms with Crippen molar-refractivity contribution in [3.8, 4) is 0 Å². The van der Waals surface area contributed by atoms with Gasteiger partial charge in [0.2, 0.25) is 0 Å². The molecule has 1 N–H and O–H groups in total. The fourth-order valence-electron chi connectivity index (χ4n) is 2.75. The third-order valence-electron chi connectivity index (χ3n) is 3.91. The molecule has 0 unspecified atom stereocenters. The molecule has 5 heteroatoms. The van der Waals surface area contributed by atoms with E-state index in [1.54, 1.807) is 0 Å². The summed E-state index contributed by atoms with van der Waals surface area (Å²) in [6.07, 6.45) is 5.90. The number of benzene rings is 1. The first-order valence-electron chi connectivity index (χ1n) is 7.45. The highest BCUT2D eigenvalue weighted by Crippen LogP contribution is 2.31. The number of nitrogens with one attached hydrogen (secondary N) is 1. The van der Waals surface area contributed by atoms with Crippen molar-refractivity contribution in [2.45, 2.75) is 12.8 Å². The van der Waals surface area contributed by atoms with Crippen LogP contribution in [-0.4, -0.2) is 30.1 Å². The standard InChI is InChI=1S/C17H19ClN4/c1-19-15-16(18)20-12-21-17(15)22-9-7-14(8-10-22)11-13-5-3-2-4-6-13/h2-6,11-12,19H,7-10H2,1H3. The Balaban J connectivity index is 1.72. The monoisotopic (exact) mass is 314 g/mol. The topological polar surface area (TPSA) is 41.1 Å². The molecule has 2 aromatic rings. The molecule has 1 fully saturated rings. The predicted octanol–water partition coefficient (Wildman–Crippen LogP) is 3.86. The Kier molecular flexibility index (Phi) is 4.59. The first-order chi connectivity index (χ1) is 10.8. The van der Waals surface area contributed by atoms with Crippen molar-refractivity contribution in [3.63, 3.8) is 0 Å². The molecule has 114 valence electrons. The third-order valence-corrected chi connectivity index (χ3v) is 4.19. The summed E-state index contributed by atoms with van der Waals surface area (Å²) in [5.74, 6) is 0.890. The lowest BCUT2D eigenvalue weighted by Crippen LogP contribution is -2.32. The Morgan fingerprint density at radius 3 is 2.55 bits per heavy atom. The lowest BCUT2D eigenvalue weighted by Gasteiger charge is -2.30. The Hall–Kier alpha value is -2.07. The molecule has 0 atom stereocenters. The molecular formula is C17H19ClN4. The predicted molar refractivity (Wildman–Crippen MR) is 92.5 cm³/mol. The van der Waals surface area contributed by atoms with Crippen LogP contribution in [-0.2, 0) is 0 Å². The van der Waals surface area contributed by atoms with Crippen molar-refractivity contribution in [1.82, 2.24) is 9.97 Å². The molecule has 1 aromatic heterocycles. The van der Waals surface area contributed by atoms with Crippen LogP contribution in [0.1, 0.15) is 18.4 Å². The minimum Gasteiger partial charge on any atom is -0.383 e. The summed E-state index contributed by atoms with van der Waals surface area (Å²) in [6, 6.07) is 10.5. The molecule has 0 amide bonds. The van der Waals surface area contributed by atoms with E-state index < -0.39 is 0 Å². The summed E-state index contributed by atoms with van der Waals surface area (Å²) in [7, 11) is 1.85. The van der Waals surface area contributed by atoms with Crippen molar-refractivity contribution < 1.29 is 0 Å². The van der Waals surface area contributed by atoms with Gasteiger partial charge in [-0.1, -0.05) is 53.6 Å². The van der Waals surface area contributed by atoms with Gasteiger partial charge in [-0.3, -0.25) is 0 Å². The fourth-order valence-corrected chi connectivity index (χ4v) is 2.97. The molecule has 1 aliphatic rings. The Morgan fingerprint density at radius 2 is 1.86 bits per heavy atom. The van der Waals surface area contributed by atoms with E-state index in [1.807, 2.05) is 13.1 Å². The van der Waals surface area contributed by atoms with E-state index in [2.05, 4.69) is 50.5 Å². The van der Waals surface area contributed by atoms with Crippen LogP contribution in [0.4, 0.5) is 11.5 Å². The van der Waals surface area contributed by atoms with E-state index in [0.717, 1.165) is 37.4 Å². The van der Waals surface area contributed by atoms with Gasteiger partial charge in [0.1, 0.15) is 12.0 Å². The summed E-state index contributed by atoms with van der Waals surface area (Å²) in [5.41, 5.74) is 3.56. The van der Waals surface area contributed by atoms with E-state index in [4.69, 9.17) is 11.6 Å². The largest absolute Gasteiger partial charge is 0.383 e. The Morgan fingerprint density at radius 1 is 1.14 bits per heavy atom. The summed E-state index contributed by atoms with van der Waals surface area (Å²) in [4.78, 5) is 10.7. The molecule has 0 bridgehead atoms. The maximum atomic E-state index is 6.13. The molecule has 0 radical (unpaired) electrons. The van der Waals surface area contributed by atoms with Crippen LogP contribution in [0.2, 0.25) is 5.15 Å². The first-order valence-corrected chi connectivity index (χ1v) is 7.83. The fraction of sp³-hybridized carbons (Fsp3) is 0.294. The van der Waals surface area contributed by atoms with Gasteiger partial charge in [0.25, 0.3) is 0 Å². The van der Waals surface area contributed by atoms with Gasteiger partial charge < -0.3 is 10.2 Å². The summed E-state index contributed by atoms with van der Waals surface area (Å²) in [6.45, 7) is 1.89. The number of anilines is 2. The molecule has 22 heavy (non-hydrogen) atoms. The van der Waals surface area contributed by atoms with Crippen LogP contribution in [0, 0.1) is 0 Å². The summed E-state index contributed by atoms with van der Waals surface area (Å²) in [5, 5.41) is 3.57. The van der Waals surface area contributed by atoms with Crippen molar-refractivity contribution in [2.75, 3.05) is 30.4 Å². The van der Waals surface area contributed by atoms with Crippen LogP contribution in [0.15, 0.2) is 42.2 Å². The van der Waals surface area contributed by atoms with Gasteiger partial charge in [0.05, 0.1) is 0 Å². The maximum absolute atomic E-state index is 6.13. The number of halogens is 1. The minimum atomic E-state index is 0.470. The highest BCUT2D eigenvalue weighted by molar-refractivity contribution is 6.32. The number of hydrogen-bond acceptors (Lipinski definition) is 4. The van der Waals surface area contributed by atoms with Crippen LogP contribution in [0.3, 0.4) is 0 Å². The van der Waals surface area contributed by atoms with Crippen LogP contribution < -0.4 is 10.2 Å². The highest BCUT2D eigenvalue weighted by atomic mass is 35.5.